The summed E-state index contributed by atoms with van der Waals surface area (Å²) in [5.41, 5.74) is 2.93. The number of nitrogens with zero attached hydrogens (tertiary/aromatic N) is 6. The summed E-state index contributed by atoms with van der Waals surface area (Å²) in [5.74, 6) is 1.41. The average molecular weight is 678 g/mol. The number of hydrogen-bond acceptors (Lipinski definition) is 10. The fourth-order valence-electron chi connectivity index (χ4n) is 4.85. The van der Waals surface area contributed by atoms with Crippen molar-refractivity contribution in [3.63, 3.8) is 0 Å². The second-order valence-corrected chi connectivity index (χ2v) is 13.8. The predicted octanol–water partition coefficient (Wildman–Crippen LogP) is 3.48. The van der Waals surface area contributed by atoms with Gasteiger partial charge in [0.1, 0.15) is 11.5 Å². The molecule has 47 heavy (non-hydrogen) atoms. The number of aromatic nitrogens is 3. The molecule has 1 aromatic heterocycles. The summed E-state index contributed by atoms with van der Waals surface area (Å²) in [5, 5.41) is 18.0. The monoisotopic (exact) mass is 677 g/mol. The second kappa shape index (κ2) is 14.4. The molecule has 2 amide bonds. The molecule has 1 atom stereocenters. The van der Waals surface area contributed by atoms with Crippen LogP contribution in [0, 0.1) is 0 Å². The number of carbonyl (C=O) groups is 2. The number of amides is 2. The van der Waals surface area contributed by atoms with E-state index in [0.29, 0.717) is 23.0 Å². The Bertz CT molecular complexity index is 1870. The fourth-order valence-corrected chi connectivity index (χ4v) is 6.54. The molecule has 4 aromatic rings. The van der Waals surface area contributed by atoms with Crippen molar-refractivity contribution in [2.75, 3.05) is 34.1 Å². The Morgan fingerprint density at radius 2 is 1.55 bits per heavy atom. The number of ether oxygens (including phenoxy) is 2. The maximum atomic E-state index is 13.6. The van der Waals surface area contributed by atoms with Crippen molar-refractivity contribution in [2.24, 2.45) is 12.1 Å². The van der Waals surface area contributed by atoms with E-state index in [-0.39, 0.29) is 29.1 Å². The van der Waals surface area contributed by atoms with Crippen molar-refractivity contribution in [2.45, 2.75) is 29.1 Å². The highest BCUT2D eigenvalue weighted by Crippen LogP contribution is 2.35. The third-order valence-corrected chi connectivity index (χ3v) is 10.5. The number of rotatable bonds is 12. The lowest BCUT2D eigenvalue weighted by molar-refractivity contribution is -0.130. The van der Waals surface area contributed by atoms with Crippen molar-refractivity contribution >= 4 is 39.3 Å². The number of hydrazone groups is 1. The molecule has 1 aliphatic heterocycles. The van der Waals surface area contributed by atoms with Crippen LogP contribution in [0.2, 0.25) is 0 Å². The van der Waals surface area contributed by atoms with Crippen molar-refractivity contribution in [3.8, 4) is 11.5 Å². The molecule has 0 aliphatic carbocycles. The van der Waals surface area contributed by atoms with Crippen LogP contribution in [0.25, 0.3) is 0 Å². The summed E-state index contributed by atoms with van der Waals surface area (Å²) in [6, 6.07) is 20.6. The number of benzene rings is 3. The van der Waals surface area contributed by atoms with E-state index in [0.717, 1.165) is 32.6 Å². The van der Waals surface area contributed by atoms with E-state index in [2.05, 4.69) is 15.5 Å². The molecule has 1 unspecified atom stereocenters. The van der Waals surface area contributed by atoms with Gasteiger partial charge in [-0.25, -0.2) is 17.7 Å². The number of carbonyl (C=O) groups excluding carboxylic acids is 2. The predicted molar refractivity (Wildman–Crippen MR) is 177 cm³/mol. The van der Waals surface area contributed by atoms with Crippen LogP contribution >= 0.6 is 11.8 Å². The van der Waals surface area contributed by atoms with Crippen LogP contribution in [0.15, 0.2) is 87.9 Å². The van der Waals surface area contributed by atoms with Crippen LogP contribution in [0.5, 0.6) is 11.5 Å². The van der Waals surface area contributed by atoms with Gasteiger partial charge in [-0.2, -0.15) is 5.10 Å². The molecule has 3 aromatic carbocycles. The molecule has 1 N–H and O–H groups in total. The Balaban J connectivity index is 1.24. The van der Waals surface area contributed by atoms with Crippen molar-refractivity contribution in [1.29, 1.82) is 0 Å². The van der Waals surface area contributed by atoms with Gasteiger partial charge in [0.15, 0.2) is 11.0 Å². The van der Waals surface area contributed by atoms with Crippen LogP contribution in [0.3, 0.4) is 0 Å². The number of sulfonamides is 1. The molecule has 5 rings (SSSR count). The molecular weight excluding hydrogens is 643 g/mol. The van der Waals surface area contributed by atoms with E-state index in [1.54, 1.807) is 25.8 Å². The molecule has 0 bridgehead atoms. The van der Waals surface area contributed by atoms with Crippen LogP contribution in [0.4, 0.5) is 0 Å². The largest absolute Gasteiger partial charge is 0.497 e. The first-order valence-corrected chi connectivity index (χ1v) is 16.9. The Hall–Kier alpha value is -4.73. The number of methoxy groups -OCH3 is 2. The topological polar surface area (TPSA) is 148 Å². The molecule has 1 aliphatic rings. The summed E-state index contributed by atoms with van der Waals surface area (Å²) < 4.78 is 38.0. The molecule has 0 saturated heterocycles. The van der Waals surface area contributed by atoms with Gasteiger partial charge < -0.3 is 19.4 Å². The quantitative estimate of drug-likeness (QED) is 0.223. The van der Waals surface area contributed by atoms with Crippen LogP contribution in [-0.2, 0) is 28.4 Å². The van der Waals surface area contributed by atoms with E-state index in [1.165, 1.54) is 55.1 Å². The zero-order chi connectivity index (χ0) is 33.7. The maximum Gasteiger partial charge on any atom is 0.253 e. The fraction of sp³-hybridized carbons (Fsp3) is 0.281. The molecule has 0 spiro atoms. The van der Waals surface area contributed by atoms with Crippen molar-refractivity contribution in [1.82, 2.24) is 29.4 Å². The van der Waals surface area contributed by atoms with Crippen molar-refractivity contribution in [3.05, 3.63) is 95.3 Å². The van der Waals surface area contributed by atoms with E-state index in [9.17, 15) is 18.0 Å². The number of thioether (sulfide) groups is 1. The average Bonchev–Trinajstić information content (AvgIpc) is 3.70. The van der Waals surface area contributed by atoms with Gasteiger partial charge in [0.25, 0.3) is 11.8 Å². The van der Waals surface area contributed by atoms with Gasteiger partial charge in [0.2, 0.25) is 10.0 Å². The lowest BCUT2D eigenvalue weighted by Gasteiger charge is -2.22. The van der Waals surface area contributed by atoms with E-state index in [1.807, 2.05) is 48.5 Å². The standard InChI is InChI=1S/C32H35N7O6S2/c1-37(2)47(42,43)26-16-10-23(11-17-26)31(41)33-19-29-34-35-32(38(29)3)46-20-30(40)39-28(22-8-14-25(45-5)15-9-22)18-27(36-39)21-6-12-24(44-4)13-7-21/h6-17,28H,18-20H2,1-5H3,(H,33,41). The highest BCUT2D eigenvalue weighted by atomic mass is 32.2. The van der Waals surface area contributed by atoms with Gasteiger partial charge in [-0.3, -0.25) is 9.59 Å². The van der Waals surface area contributed by atoms with Gasteiger partial charge in [0, 0.05) is 33.1 Å². The van der Waals surface area contributed by atoms with Gasteiger partial charge in [-0.05, 0) is 71.8 Å². The Labute approximate surface area is 277 Å². The second-order valence-electron chi connectivity index (χ2n) is 10.7. The van der Waals surface area contributed by atoms with E-state index >= 15 is 0 Å². The summed E-state index contributed by atoms with van der Waals surface area (Å²) in [6.45, 7) is 0.0791. The number of nitrogens with one attached hydrogen (secondary N) is 1. The maximum absolute atomic E-state index is 13.6. The van der Waals surface area contributed by atoms with Gasteiger partial charge in [0.05, 0.1) is 43.2 Å². The van der Waals surface area contributed by atoms with E-state index in [4.69, 9.17) is 14.6 Å². The van der Waals surface area contributed by atoms with E-state index < -0.39 is 15.9 Å². The molecule has 0 fully saturated rings. The first-order chi connectivity index (χ1) is 22.5. The van der Waals surface area contributed by atoms with Crippen molar-refractivity contribution < 1.29 is 27.5 Å². The van der Waals surface area contributed by atoms with Gasteiger partial charge in [-0.1, -0.05) is 23.9 Å². The molecule has 0 radical (unpaired) electrons. The molecular formula is C32H35N7O6S2. The first-order valence-electron chi connectivity index (χ1n) is 14.5. The summed E-state index contributed by atoms with van der Waals surface area (Å²) >= 11 is 1.22. The minimum absolute atomic E-state index is 0.0621. The zero-order valence-corrected chi connectivity index (χ0v) is 28.2. The Kier molecular flexibility index (Phi) is 10.3. The molecule has 2 heterocycles. The van der Waals surface area contributed by atoms with Gasteiger partial charge in [-0.15, -0.1) is 10.2 Å². The highest BCUT2D eigenvalue weighted by molar-refractivity contribution is 7.99. The first kappa shape index (κ1) is 33.6. The van der Waals surface area contributed by atoms with Gasteiger partial charge >= 0.3 is 0 Å². The third kappa shape index (κ3) is 7.48. The molecule has 246 valence electrons. The minimum atomic E-state index is -3.60. The summed E-state index contributed by atoms with van der Waals surface area (Å²) in [6.07, 6.45) is 0.539. The minimum Gasteiger partial charge on any atom is -0.497 e. The zero-order valence-electron chi connectivity index (χ0n) is 26.6. The summed E-state index contributed by atoms with van der Waals surface area (Å²) in [4.78, 5) is 26.4. The number of hydrogen-bond donors (Lipinski definition) is 1. The lowest BCUT2D eigenvalue weighted by atomic mass is 9.98. The van der Waals surface area contributed by atoms with Crippen LogP contribution in [-0.4, -0.2) is 84.1 Å². The van der Waals surface area contributed by atoms with Crippen LogP contribution in [0.1, 0.15) is 39.8 Å². The Morgan fingerprint density at radius 1 is 0.936 bits per heavy atom. The molecule has 0 saturated carbocycles. The Morgan fingerprint density at radius 3 is 2.15 bits per heavy atom. The summed E-state index contributed by atoms with van der Waals surface area (Å²) in [7, 11) is 4.26. The van der Waals surface area contributed by atoms with Crippen LogP contribution < -0.4 is 14.8 Å². The third-order valence-electron chi connectivity index (χ3n) is 7.64. The normalized spacial score (nSPS) is 14.6. The molecule has 15 heteroatoms. The lowest BCUT2D eigenvalue weighted by Crippen LogP contribution is -2.28. The highest BCUT2D eigenvalue weighted by Gasteiger charge is 2.33. The molecule has 13 nitrogen and oxygen atoms in total. The smallest absolute Gasteiger partial charge is 0.253 e. The SMILES string of the molecule is COc1ccc(C2=NN(C(=O)CSc3nnc(CNC(=O)c4ccc(S(=O)(=O)N(C)C)cc4)n3C)C(c3ccc(OC)cc3)C2)cc1.